The molecule has 2 heterocycles. The molecule has 0 aliphatic carbocycles. The molecule has 1 amide bonds. The van der Waals surface area contributed by atoms with Gasteiger partial charge in [0.25, 0.3) is 5.91 Å². The van der Waals surface area contributed by atoms with Crippen LogP contribution in [0.3, 0.4) is 0 Å². The molecule has 3 rings (SSSR count). The first-order chi connectivity index (χ1) is 12.1. The highest BCUT2D eigenvalue weighted by Gasteiger charge is 2.19. The molecule has 6 nitrogen and oxygen atoms in total. The smallest absolute Gasteiger partial charge is 0.274 e. The van der Waals surface area contributed by atoms with E-state index in [-0.39, 0.29) is 5.91 Å². The molecule has 1 aliphatic rings. The van der Waals surface area contributed by atoms with E-state index < -0.39 is 0 Å². The molecule has 1 aliphatic heterocycles. The van der Waals surface area contributed by atoms with E-state index in [1.807, 2.05) is 0 Å². The van der Waals surface area contributed by atoms with Crippen molar-refractivity contribution in [3.05, 3.63) is 41.2 Å². The summed E-state index contributed by atoms with van der Waals surface area (Å²) in [5.41, 5.74) is 0.915. The lowest BCUT2D eigenvalue weighted by Gasteiger charge is -2.30. The van der Waals surface area contributed by atoms with Gasteiger partial charge in [0, 0.05) is 25.0 Å². The molecule has 0 bridgehead atoms. The lowest BCUT2D eigenvalue weighted by molar-refractivity contribution is 0.102. The van der Waals surface area contributed by atoms with Gasteiger partial charge in [-0.25, -0.2) is 9.97 Å². The van der Waals surface area contributed by atoms with Gasteiger partial charge in [-0.1, -0.05) is 18.5 Å². The maximum Gasteiger partial charge on any atom is 0.274 e. The molecule has 1 fully saturated rings. The lowest BCUT2D eigenvalue weighted by atomic mass is 10.00. The van der Waals surface area contributed by atoms with Gasteiger partial charge in [-0.3, -0.25) is 4.79 Å². The fourth-order valence-corrected chi connectivity index (χ4v) is 3.03. The quantitative estimate of drug-likeness (QED) is 0.901. The summed E-state index contributed by atoms with van der Waals surface area (Å²) in [7, 11) is 1.54. The second kappa shape index (κ2) is 7.70. The van der Waals surface area contributed by atoms with Crippen molar-refractivity contribution in [3.63, 3.8) is 0 Å². The maximum atomic E-state index is 12.5. The average molecular weight is 361 g/mol. The van der Waals surface area contributed by atoms with Crippen LogP contribution in [0, 0.1) is 5.92 Å². The fourth-order valence-electron chi connectivity index (χ4n) is 2.78. The van der Waals surface area contributed by atoms with Crippen LogP contribution in [0.15, 0.2) is 30.5 Å². The highest BCUT2D eigenvalue weighted by atomic mass is 35.5. The highest BCUT2D eigenvalue weighted by molar-refractivity contribution is 6.32. The van der Waals surface area contributed by atoms with Gasteiger partial charge >= 0.3 is 0 Å². The Balaban J connectivity index is 1.72. The number of anilines is 2. The van der Waals surface area contributed by atoms with Crippen molar-refractivity contribution in [3.8, 4) is 5.75 Å². The monoisotopic (exact) mass is 360 g/mol. The van der Waals surface area contributed by atoms with Crippen molar-refractivity contribution >= 4 is 29.1 Å². The SMILES string of the molecule is COc1ccc(NC(=O)c2ccnc(N3CCC(C)CC3)n2)cc1Cl. The highest BCUT2D eigenvalue weighted by Crippen LogP contribution is 2.27. The van der Waals surface area contributed by atoms with Crippen LogP contribution in [-0.4, -0.2) is 36.1 Å². The molecule has 1 N–H and O–H groups in total. The predicted octanol–water partition coefficient (Wildman–Crippen LogP) is 3.63. The van der Waals surface area contributed by atoms with Crippen molar-refractivity contribution in [2.45, 2.75) is 19.8 Å². The average Bonchev–Trinajstić information content (AvgIpc) is 2.62. The largest absolute Gasteiger partial charge is 0.495 e. The minimum atomic E-state index is -0.296. The molecular formula is C18H21ClN4O2. The molecule has 1 aromatic carbocycles. The molecule has 1 saturated heterocycles. The van der Waals surface area contributed by atoms with E-state index in [1.54, 1.807) is 37.6 Å². The first kappa shape index (κ1) is 17.5. The van der Waals surface area contributed by atoms with Crippen LogP contribution >= 0.6 is 11.6 Å². The van der Waals surface area contributed by atoms with Crippen LogP contribution in [0.25, 0.3) is 0 Å². The Labute approximate surface area is 152 Å². The zero-order valence-electron chi connectivity index (χ0n) is 14.3. The molecule has 0 radical (unpaired) electrons. The summed E-state index contributed by atoms with van der Waals surface area (Å²) >= 11 is 6.09. The summed E-state index contributed by atoms with van der Waals surface area (Å²) in [6.07, 6.45) is 3.85. The van der Waals surface area contributed by atoms with Crippen LogP contribution in [0.2, 0.25) is 5.02 Å². The standard InChI is InChI=1S/C18H21ClN4O2/c1-12-6-9-23(10-7-12)18-20-8-5-15(22-18)17(24)21-13-3-4-16(25-2)14(19)11-13/h3-5,8,11-12H,6-7,9-10H2,1-2H3,(H,21,24). The van der Waals surface area contributed by atoms with E-state index in [4.69, 9.17) is 16.3 Å². The fraction of sp³-hybridized carbons (Fsp3) is 0.389. The number of nitrogens with one attached hydrogen (secondary N) is 1. The van der Waals surface area contributed by atoms with E-state index in [0.717, 1.165) is 31.8 Å². The van der Waals surface area contributed by atoms with Gasteiger partial charge in [0.15, 0.2) is 0 Å². The summed E-state index contributed by atoms with van der Waals surface area (Å²) in [6, 6.07) is 6.69. The van der Waals surface area contributed by atoms with Gasteiger partial charge in [0.05, 0.1) is 12.1 Å². The summed E-state index contributed by atoms with van der Waals surface area (Å²) in [4.78, 5) is 23.3. The zero-order chi connectivity index (χ0) is 17.8. The van der Waals surface area contributed by atoms with Gasteiger partial charge in [-0.05, 0) is 43.0 Å². The number of amides is 1. The van der Waals surface area contributed by atoms with E-state index in [9.17, 15) is 4.79 Å². The van der Waals surface area contributed by atoms with E-state index >= 15 is 0 Å². The molecule has 7 heteroatoms. The van der Waals surface area contributed by atoms with Gasteiger partial charge < -0.3 is 15.0 Å². The molecule has 0 unspecified atom stereocenters. The number of nitrogens with zero attached hydrogens (tertiary/aromatic N) is 3. The van der Waals surface area contributed by atoms with E-state index in [2.05, 4.69) is 27.1 Å². The molecule has 0 saturated carbocycles. The summed E-state index contributed by atoms with van der Waals surface area (Å²) in [5.74, 6) is 1.59. The number of carbonyl (C=O) groups is 1. The van der Waals surface area contributed by atoms with Gasteiger partial charge in [-0.2, -0.15) is 0 Å². The van der Waals surface area contributed by atoms with E-state index in [1.165, 1.54) is 0 Å². The minimum absolute atomic E-state index is 0.296. The van der Waals surface area contributed by atoms with Crippen molar-refractivity contribution < 1.29 is 9.53 Å². The Bertz CT molecular complexity index is 760. The van der Waals surface area contributed by atoms with Crippen molar-refractivity contribution in [2.24, 2.45) is 5.92 Å². The lowest BCUT2D eigenvalue weighted by Crippen LogP contribution is -2.34. The molecule has 0 atom stereocenters. The summed E-state index contributed by atoms with van der Waals surface area (Å²) < 4.78 is 5.11. The van der Waals surface area contributed by atoms with Crippen molar-refractivity contribution in [1.29, 1.82) is 0 Å². The Morgan fingerprint density at radius 1 is 1.32 bits per heavy atom. The number of benzene rings is 1. The summed E-state index contributed by atoms with van der Waals surface area (Å²) in [6.45, 7) is 4.09. The summed E-state index contributed by atoms with van der Waals surface area (Å²) in [5, 5.41) is 3.24. The molecule has 25 heavy (non-hydrogen) atoms. The normalized spacial score (nSPS) is 15.1. The zero-order valence-corrected chi connectivity index (χ0v) is 15.1. The number of methoxy groups -OCH3 is 1. The number of ether oxygens (including phenoxy) is 1. The van der Waals surface area contributed by atoms with Gasteiger partial charge in [0.2, 0.25) is 5.95 Å². The number of hydrogen-bond donors (Lipinski definition) is 1. The Morgan fingerprint density at radius 3 is 2.76 bits per heavy atom. The topological polar surface area (TPSA) is 67.3 Å². The van der Waals surface area contributed by atoms with Crippen LogP contribution < -0.4 is 15.0 Å². The van der Waals surface area contributed by atoms with Gasteiger partial charge in [0.1, 0.15) is 11.4 Å². The molecular weight excluding hydrogens is 340 g/mol. The third-order valence-electron chi connectivity index (χ3n) is 4.35. The van der Waals surface area contributed by atoms with Crippen LogP contribution in [0.4, 0.5) is 11.6 Å². The second-order valence-corrected chi connectivity index (χ2v) is 6.62. The maximum absolute atomic E-state index is 12.5. The molecule has 1 aromatic heterocycles. The number of aromatic nitrogens is 2. The Kier molecular flexibility index (Phi) is 5.38. The van der Waals surface area contributed by atoms with E-state index in [0.29, 0.717) is 28.1 Å². The number of halogens is 1. The van der Waals surface area contributed by atoms with Crippen molar-refractivity contribution in [1.82, 2.24) is 9.97 Å². The number of hydrogen-bond acceptors (Lipinski definition) is 5. The van der Waals surface area contributed by atoms with Crippen LogP contribution in [-0.2, 0) is 0 Å². The number of piperidine rings is 1. The van der Waals surface area contributed by atoms with Crippen LogP contribution in [0.5, 0.6) is 5.75 Å². The third kappa shape index (κ3) is 4.20. The minimum Gasteiger partial charge on any atom is -0.495 e. The third-order valence-corrected chi connectivity index (χ3v) is 4.65. The Hall–Kier alpha value is -2.34. The molecule has 0 spiro atoms. The number of rotatable bonds is 4. The predicted molar refractivity (Wildman–Crippen MR) is 98.6 cm³/mol. The van der Waals surface area contributed by atoms with Gasteiger partial charge in [-0.15, -0.1) is 0 Å². The van der Waals surface area contributed by atoms with Crippen LogP contribution in [0.1, 0.15) is 30.3 Å². The second-order valence-electron chi connectivity index (χ2n) is 6.21. The molecule has 2 aromatic rings. The van der Waals surface area contributed by atoms with Crippen molar-refractivity contribution in [2.75, 3.05) is 30.4 Å². The first-order valence-corrected chi connectivity index (χ1v) is 8.67. The molecule has 132 valence electrons. The number of carbonyl (C=O) groups excluding carboxylic acids is 1. The Morgan fingerprint density at radius 2 is 2.08 bits per heavy atom. The first-order valence-electron chi connectivity index (χ1n) is 8.29.